The van der Waals surface area contributed by atoms with Crippen molar-refractivity contribution in [3.8, 4) is 22.6 Å². The minimum atomic E-state index is -4.42. The number of nitrogens with zero attached hydrogens (tertiary/aromatic N) is 4. The highest BCUT2D eigenvalue weighted by atomic mass is 35.5. The van der Waals surface area contributed by atoms with Crippen molar-refractivity contribution < 1.29 is 22.7 Å². The number of nitrogens with one attached hydrogen (secondary N) is 3. The van der Waals surface area contributed by atoms with E-state index in [9.17, 15) is 18.1 Å². The van der Waals surface area contributed by atoms with E-state index >= 15 is 0 Å². The molecule has 3 N–H and O–H groups in total. The Labute approximate surface area is 354 Å². The van der Waals surface area contributed by atoms with Gasteiger partial charge in [-0.15, -0.1) is 4.91 Å². The van der Waals surface area contributed by atoms with Crippen LogP contribution in [-0.4, -0.2) is 94.7 Å². The minimum absolute atomic E-state index is 0.0274. The van der Waals surface area contributed by atoms with Gasteiger partial charge in [-0.2, -0.15) is 0 Å². The largest absolute Gasteiger partial charge is 0.456 e. The second-order valence-corrected chi connectivity index (χ2v) is 17.0. The predicted molar refractivity (Wildman–Crippen MR) is 236 cm³/mol. The topological polar surface area (TPSA) is 149 Å². The third-order valence-electron chi connectivity index (χ3n) is 11.0. The number of carbonyl (C=O) groups excluding carboxylic acids is 1. The number of hydrogen-bond acceptors (Lipinski definition) is 11. The van der Waals surface area contributed by atoms with E-state index in [4.69, 9.17) is 21.1 Å². The summed E-state index contributed by atoms with van der Waals surface area (Å²) in [6.45, 7) is 8.44. The molecule has 0 bridgehead atoms. The molecule has 0 spiro atoms. The fourth-order valence-corrected chi connectivity index (χ4v) is 8.82. The van der Waals surface area contributed by atoms with E-state index in [1.54, 1.807) is 24.4 Å². The van der Waals surface area contributed by atoms with Crippen LogP contribution in [0, 0.1) is 4.91 Å². The van der Waals surface area contributed by atoms with Crippen molar-refractivity contribution in [1.29, 1.82) is 0 Å². The van der Waals surface area contributed by atoms with Gasteiger partial charge in [0.15, 0.2) is 0 Å². The Kier molecular flexibility index (Phi) is 12.7. The molecule has 2 aliphatic heterocycles. The Morgan fingerprint density at radius 2 is 1.63 bits per heavy atom. The Hall–Kier alpha value is -5.77. The Morgan fingerprint density at radius 3 is 2.43 bits per heavy atom. The van der Waals surface area contributed by atoms with Crippen LogP contribution >= 0.6 is 11.6 Å². The van der Waals surface area contributed by atoms with Crippen LogP contribution in [0.2, 0.25) is 5.02 Å². The van der Waals surface area contributed by atoms with Gasteiger partial charge in [-0.05, 0) is 95.5 Å². The first kappa shape index (κ1) is 41.0. The van der Waals surface area contributed by atoms with Gasteiger partial charge >= 0.3 is 0 Å². The van der Waals surface area contributed by atoms with Crippen LogP contribution in [0.1, 0.15) is 22.3 Å². The molecular weight excluding hydrogens is 802 g/mol. The number of aromatic amines is 1. The molecular formula is C45H46ClN7O6S. The number of ether oxygens (including phenoxy) is 2. The molecule has 2 fully saturated rings. The van der Waals surface area contributed by atoms with Crippen molar-refractivity contribution in [2.24, 2.45) is 5.18 Å². The van der Waals surface area contributed by atoms with Crippen LogP contribution in [0.4, 0.5) is 17.1 Å². The smallest absolute Gasteiger partial charge is 0.268 e. The summed E-state index contributed by atoms with van der Waals surface area (Å²) in [6, 6.07) is 32.9. The van der Waals surface area contributed by atoms with Crippen molar-refractivity contribution in [3.63, 3.8) is 0 Å². The first-order valence-electron chi connectivity index (χ1n) is 20.0. The number of fused-ring (bicyclic) bond motifs is 1. The van der Waals surface area contributed by atoms with Crippen molar-refractivity contribution in [3.05, 3.63) is 136 Å². The summed E-state index contributed by atoms with van der Waals surface area (Å²) >= 11 is 6.16. The van der Waals surface area contributed by atoms with Crippen LogP contribution in [0.15, 0.2) is 125 Å². The highest BCUT2D eigenvalue weighted by Crippen LogP contribution is 2.35. The third kappa shape index (κ3) is 9.64. The molecule has 3 heterocycles. The highest BCUT2D eigenvalue weighted by Gasteiger charge is 2.26. The number of H-pyrrole nitrogens is 1. The number of morpholine rings is 1. The number of aromatic nitrogens is 1. The summed E-state index contributed by atoms with van der Waals surface area (Å²) in [4.78, 5) is 35.6. The third-order valence-corrected chi connectivity index (χ3v) is 12.5. The number of sulfonamides is 1. The lowest BCUT2D eigenvalue weighted by Crippen LogP contribution is -2.46. The maximum atomic E-state index is 13.9. The average molecular weight is 848 g/mol. The number of benzene rings is 5. The van der Waals surface area contributed by atoms with E-state index in [1.165, 1.54) is 23.3 Å². The summed E-state index contributed by atoms with van der Waals surface area (Å²) < 4.78 is 41.4. The van der Waals surface area contributed by atoms with E-state index in [-0.39, 0.29) is 21.9 Å². The Bertz CT molecular complexity index is 2570. The molecule has 5 aromatic carbocycles. The number of carbonyl (C=O) groups is 1. The van der Waals surface area contributed by atoms with Crippen LogP contribution in [0.3, 0.4) is 0 Å². The molecule has 2 aliphatic rings. The quantitative estimate of drug-likeness (QED) is 0.0682. The van der Waals surface area contributed by atoms with Crippen LogP contribution in [0.25, 0.3) is 22.0 Å². The zero-order valence-corrected chi connectivity index (χ0v) is 34.6. The first-order valence-corrected chi connectivity index (χ1v) is 21.9. The van der Waals surface area contributed by atoms with Crippen LogP contribution in [-0.2, 0) is 21.3 Å². The van der Waals surface area contributed by atoms with Gasteiger partial charge in [-0.3, -0.25) is 14.6 Å². The fraction of sp³-hybridized carbons (Fsp3) is 0.267. The summed E-state index contributed by atoms with van der Waals surface area (Å²) in [6.07, 6.45) is 2.61. The highest BCUT2D eigenvalue weighted by molar-refractivity contribution is 7.90. The van der Waals surface area contributed by atoms with Gasteiger partial charge in [-0.1, -0.05) is 54.1 Å². The molecule has 2 saturated heterocycles. The summed E-state index contributed by atoms with van der Waals surface area (Å²) in [5.74, 6) is -0.185. The number of nitroso groups, excluding NO2 is 1. The first-order chi connectivity index (χ1) is 29.2. The van der Waals surface area contributed by atoms with E-state index in [1.807, 2.05) is 54.6 Å². The molecule has 13 nitrogen and oxygen atoms in total. The second kappa shape index (κ2) is 18.7. The van der Waals surface area contributed by atoms with E-state index < -0.39 is 15.9 Å². The van der Waals surface area contributed by atoms with E-state index in [0.717, 1.165) is 87.0 Å². The van der Waals surface area contributed by atoms with Crippen LogP contribution in [0.5, 0.6) is 11.5 Å². The second-order valence-electron chi connectivity index (χ2n) is 14.8. The molecule has 0 radical (unpaired) electrons. The molecule has 0 aliphatic carbocycles. The number of piperazine rings is 1. The Morgan fingerprint density at radius 1 is 0.833 bits per heavy atom. The molecule has 310 valence electrons. The number of rotatable bonds is 15. The van der Waals surface area contributed by atoms with Gasteiger partial charge in [0.25, 0.3) is 15.9 Å². The number of anilines is 2. The number of halogens is 1. The van der Waals surface area contributed by atoms with E-state index in [2.05, 4.69) is 53.1 Å². The van der Waals surface area contributed by atoms with Gasteiger partial charge in [-0.25, -0.2) is 13.1 Å². The molecule has 1 amide bonds. The van der Waals surface area contributed by atoms with Crippen molar-refractivity contribution in [2.45, 2.75) is 17.9 Å². The molecule has 15 heteroatoms. The van der Waals surface area contributed by atoms with Gasteiger partial charge in [0.2, 0.25) is 0 Å². The molecule has 8 rings (SSSR count). The maximum absolute atomic E-state index is 13.9. The molecule has 6 aromatic rings. The Balaban J connectivity index is 0.974. The predicted octanol–water partition coefficient (Wildman–Crippen LogP) is 8.25. The van der Waals surface area contributed by atoms with Crippen molar-refractivity contribution >= 4 is 55.5 Å². The van der Waals surface area contributed by atoms with Gasteiger partial charge in [0, 0.05) is 86.2 Å². The molecule has 1 aromatic heterocycles. The summed E-state index contributed by atoms with van der Waals surface area (Å²) in [5.41, 5.74) is 5.57. The van der Waals surface area contributed by atoms with Gasteiger partial charge in [0.1, 0.15) is 17.2 Å². The lowest BCUT2D eigenvalue weighted by atomic mass is 9.99. The average Bonchev–Trinajstić information content (AvgIpc) is 3.76. The SMILES string of the molecule is O=Nc1cc(S(=O)(=O)NC(=O)c2ccc(N3CCN(Cc4ccccc4-c4ccc(Cl)cc4)CC3)cc2Oc2cccc3[nH]ccc23)ccc1NCCCN1CCOCC1. The molecule has 60 heavy (non-hydrogen) atoms. The zero-order valence-electron chi connectivity index (χ0n) is 33.0. The molecule has 0 atom stereocenters. The summed E-state index contributed by atoms with van der Waals surface area (Å²) in [7, 11) is -4.42. The van der Waals surface area contributed by atoms with Crippen LogP contribution < -0.4 is 19.7 Å². The maximum Gasteiger partial charge on any atom is 0.268 e. The van der Waals surface area contributed by atoms with Gasteiger partial charge in [0.05, 0.1) is 29.4 Å². The summed E-state index contributed by atoms with van der Waals surface area (Å²) in [5, 5.41) is 7.77. The molecule has 0 unspecified atom stereocenters. The fourth-order valence-electron chi connectivity index (χ4n) is 7.71. The number of hydrogen-bond donors (Lipinski definition) is 3. The van der Waals surface area contributed by atoms with Gasteiger partial charge < -0.3 is 24.7 Å². The minimum Gasteiger partial charge on any atom is -0.456 e. The normalized spacial score (nSPS) is 15.2. The lowest BCUT2D eigenvalue weighted by molar-refractivity contribution is 0.0378. The zero-order chi connectivity index (χ0) is 41.5. The van der Waals surface area contributed by atoms with E-state index in [0.29, 0.717) is 36.2 Å². The lowest BCUT2D eigenvalue weighted by Gasteiger charge is -2.36. The van der Waals surface area contributed by atoms with Crippen molar-refractivity contribution in [2.75, 3.05) is 75.8 Å². The standard InChI is InChI=1S/C45H46ClN7O6S/c46-34-11-9-32(10-12-34)37-6-2-1-5-33(37)31-52-21-23-53(24-22-52)35-13-15-39(44(29-35)59-43-8-3-7-40-38(43)17-19-48-40)45(54)50-60(56,57)36-14-16-41(42(30-36)49-55)47-18-4-20-51-25-27-58-28-26-51/h1-3,5-17,19,29-30,47-48H,4,18,20-28,31H2,(H,50,54). The van der Waals surface area contributed by atoms with Crippen molar-refractivity contribution in [1.82, 2.24) is 19.5 Å². The molecule has 0 saturated carbocycles. The monoisotopic (exact) mass is 847 g/mol. The number of amides is 1.